The number of aromatic nitrogens is 2. The molecule has 1 aromatic carbocycles. The SMILES string of the molecule is CCCNc1nnc(-c2cccc(C)c2)s1. The smallest absolute Gasteiger partial charge is 0.206 e. The summed E-state index contributed by atoms with van der Waals surface area (Å²) >= 11 is 1.60. The molecule has 0 unspecified atom stereocenters. The van der Waals surface area contributed by atoms with Gasteiger partial charge in [0.25, 0.3) is 0 Å². The summed E-state index contributed by atoms with van der Waals surface area (Å²) in [4.78, 5) is 0. The highest BCUT2D eigenvalue weighted by molar-refractivity contribution is 7.18. The van der Waals surface area contributed by atoms with Crippen molar-refractivity contribution >= 4 is 16.5 Å². The maximum absolute atomic E-state index is 4.19. The van der Waals surface area contributed by atoms with Crippen molar-refractivity contribution in [1.29, 1.82) is 0 Å². The number of anilines is 1. The van der Waals surface area contributed by atoms with E-state index in [4.69, 9.17) is 0 Å². The fourth-order valence-electron chi connectivity index (χ4n) is 1.42. The summed E-state index contributed by atoms with van der Waals surface area (Å²) in [5.41, 5.74) is 2.39. The number of aryl methyl sites for hydroxylation is 1. The molecule has 1 aromatic heterocycles. The van der Waals surface area contributed by atoms with Crippen molar-refractivity contribution in [2.75, 3.05) is 11.9 Å². The van der Waals surface area contributed by atoms with E-state index in [0.29, 0.717) is 0 Å². The number of benzene rings is 1. The first-order valence-electron chi connectivity index (χ1n) is 5.44. The van der Waals surface area contributed by atoms with Crippen LogP contribution < -0.4 is 5.32 Å². The van der Waals surface area contributed by atoms with E-state index in [-0.39, 0.29) is 0 Å². The molecule has 4 heteroatoms. The third-order valence-electron chi connectivity index (χ3n) is 2.22. The zero-order chi connectivity index (χ0) is 11.4. The standard InChI is InChI=1S/C12H15N3S/c1-3-7-13-12-15-14-11(16-12)10-6-4-5-9(2)8-10/h4-6,8H,3,7H2,1-2H3,(H,13,15). The highest BCUT2D eigenvalue weighted by atomic mass is 32.1. The van der Waals surface area contributed by atoms with Crippen molar-refractivity contribution in [1.82, 2.24) is 10.2 Å². The van der Waals surface area contributed by atoms with Crippen LogP contribution in [0.25, 0.3) is 10.6 Å². The minimum absolute atomic E-state index is 0.901. The van der Waals surface area contributed by atoms with Crippen molar-refractivity contribution in [3.8, 4) is 10.6 Å². The summed E-state index contributed by atoms with van der Waals surface area (Å²) in [6, 6.07) is 8.33. The lowest BCUT2D eigenvalue weighted by Gasteiger charge is -1.97. The molecular weight excluding hydrogens is 218 g/mol. The van der Waals surface area contributed by atoms with Crippen LogP contribution in [-0.4, -0.2) is 16.7 Å². The largest absolute Gasteiger partial charge is 0.360 e. The summed E-state index contributed by atoms with van der Waals surface area (Å²) < 4.78 is 0. The van der Waals surface area contributed by atoms with Gasteiger partial charge in [0.2, 0.25) is 5.13 Å². The van der Waals surface area contributed by atoms with Crippen LogP contribution in [0.5, 0.6) is 0 Å². The van der Waals surface area contributed by atoms with Crippen molar-refractivity contribution in [3.63, 3.8) is 0 Å². The quantitative estimate of drug-likeness (QED) is 0.880. The van der Waals surface area contributed by atoms with Crippen LogP contribution in [0.4, 0.5) is 5.13 Å². The third kappa shape index (κ3) is 2.58. The topological polar surface area (TPSA) is 37.8 Å². The van der Waals surface area contributed by atoms with Gasteiger partial charge in [0.1, 0.15) is 5.01 Å². The Morgan fingerprint density at radius 3 is 2.94 bits per heavy atom. The molecule has 0 saturated carbocycles. The van der Waals surface area contributed by atoms with E-state index in [1.165, 1.54) is 5.56 Å². The molecule has 0 radical (unpaired) electrons. The van der Waals surface area contributed by atoms with Crippen LogP contribution in [-0.2, 0) is 0 Å². The number of hydrogen-bond acceptors (Lipinski definition) is 4. The van der Waals surface area contributed by atoms with Crippen molar-refractivity contribution in [2.24, 2.45) is 0 Å². The van der Waals surface area contributed by atoms with Crippen LogP contribution in [0.2, 0.25) is 0 Å². The molecule has 2 rings (SSSR count). The molecule has 16 heavy (non-hydrogen) atoms. The molecular formula is C12H15N3S. The van der Waals surface area contributed by atoms with Crippen LogP contribution in [0.1, 0.15) is 18.9 Å². The fourth-order valence-corrected chi connectivity index (χ4v) is 2.19. The number of nitrogens with one attached hydrogen (secondary N) is 1. The Balaban J connectivity index is 2.18. The highest BCUT2D eigenvalue weighted by Crippen LogP contribution is 2.26. The van der Waals surface area contributed by atoms with E-state index in [1.807, 2.05) is 6.07 Å². The van der Waals surface area contributed by atoms with Gasteiger partial charge in [-0.2, -0.15) is 0 Å². The second-order valence-corrected chi connectivity index (χ2v) is 4.69. The van der Waals surface area contributed by atoms with Gasteiger partial charge in [-0.05, 0) is 19.4 Å². The van der Waals surface area contributed by atoms with E-state index >= 15 is 0 Å². The first-order chi connectivity index (χ1) is 7.79. The van der Waals surface area contributed by atoms with E-state index in [1.54, 1.807) is 11.3 Å². The number of hydrogen-bond donors (Lipinski definition) is 1. The summed E-state index contributed by atoms with van der Waals surface area (Å²) in [5, 5.41) is 13.4. The monoisotopic (exact) mass is 233 g/mol. The Hall–Kier alpha value is -1.42. The average molecular weight is 233 g/mol. The first-order valence-corrected chi connectivity index (χ1v) is 6.25. The molecule has 0 aliphatic rings. The van der Waals surface area contributed by atoms with E-state index in [2.05, 4.69) is 47.6 Å². The maximum atomic E-state index is 4.19. The molecule has 0 atom stereocenters. The summed E-state index contributed by atoms with van der Waals surface area (Å²) in [6.07, 6.45) is 1.10. The van der Waals surface area contributed by atoms with Crippen molar-refractivity contribution in [2.45, 2.75) is 20.3 Å². The van der Waals surface area contributed by atoms with E-state index in [9.17, 15) is 0 Å². The van der Waals surface area contributed by atoms with Gasteiger partial charge in [-0.25, -0.2) is 0 Å². The molecule has 0 amide bonds. The van der Waals surface area contributed by atoms with E-state index in [0.717, 1.165) is 28.7 Å². The molecule has 0 aliphatic heterocycles. The second kappa shape index (κ2) is 5.07. The molecule has 1 heterocycles. The Morgan fingerprint density at radius 2 is 2.19 bits per heavy atom. The molecule has 0 spiro atoms. The van der Waals surface area contributed by atoms with Crippen molar-refractivity contribution < 1.29 is 0 Å². The molecule has 3 nitrogen and oxygen atoms in total. The minimum Gasteiger partial charge on any atom is -0.360 e. The summed E-state index contributed by atoms with van der Waals surface area (Å²) in [6.45, 7) is 5.17. The lowest BCUT2D eigenvalue weighted by atomic mass is 10.1. The van der Waals surface area contributed by atoms with Gasteiger partial charge < -0.3 is 5.32 Å². The molecule has 0 saturated heterocycles. The predicted molar refractivity (Wildman–Crippen MR) is 68.9 cm³/mol. The molecule has 84 valence electrons. The fraction of sp³-hybridized carbons (Fsp3) is 0.333. The van der Waals surface area contributed by atoms with Crippen LogP contribution in [0.15, 0.2) is 24.3 Å². The van der Waals surface area contributed by atoms with Gasteiger partial charge in [-0.3, -0.25) is 0 Å². The third-order valence-corrected chi connectivity index (χ3v) is 3.15. The number of nitrogens with zero attached hydrogens (tertiary/aromatic N) is 2. The highest BCUT2D eigenvalue weighted by Gasteiger charge is 2.05. The second-order valence-electron chi connectivity index (χ2n) is 3.71. The summed E-state index contributed by atoms with van der Waals surface area (Å²) in [5.74, 6) is 0. The number of rotatable bonds is 4. The molecule has 1 N–H and O–H groups in total. The lowest BCUT2D eigenvalue weighted by Crippen LogP contribution is -1.98. The summed E-state index contributed by atoms with van der Waals surface area (Å²) in [7, 11) is 0. The van der Waals surface area contributed by atoms with Gasteiger partial charge in [-0.1, -0.05) is 42.0 Å². The average Bonchev–Trinajstić information content (AvgIpc) is 2.75. The van der Waals surface area contributed by atoms with Crippen LogP contribution in [0.3, 0.4) is 0 Å². The minimum atomic E-state index is 0.901. The normalized spacial score (nSPS) is 10.4. The Kier molecular flexibility index (Phi) is 3.51. The van der Waals surface area contributed by atoms with Crippen molar-refractivity contribution in [3.05, 3.63) is 29.8 Å². The maximum Gasteiger partial charge on any atom is 0.206 e. The van der Waals surface area contributed by atoms with Crippen LogP contribution >= 0.6 is 11.3 Å². The predicted octanol–water partition coefficient (Wildman–Crippen LogP) is 3.34. The first kappa shape index (κ1) is 11.1. The van der Waals surface area contributed by atoms with E-state index < -0.39 is 0 Å². The zero-order valence-corrected chi connectivity index (χ0v) is 10.3. The lowest BCUT2D eigenvalue weighted by molar-refractivity contribution is 0.964. The Labute approximate surface area is 99.5 Å². The van der Waals surface area contributed by atoms with Gasteiger partial charge in [0.05, 0.1) is 0 Å². The van der Waals surface area contributed by atoms with Gasteiger partial charge in [-0.15, -0.1) is 10.2 Å². The van der Waals surface area contributed by atoms with Crippen LogP contribution in [0, 0.1) is 6.92 Å². The Bertz CT molecular complexity index is 465. The molecule has 2 aromatic rings. The molecule has 0 bridgehead atoms. The van der Waals surface area contributed by atoms with Gasteiger partial charge in [0, 0.05) is 12.1 Å². The zero-order valence-electron chi connectivity index (χ0n) is 9.53. The Morgan fingerprint density at radius 1 is 1.31 bits per heavy atom. The molecule has 0 aliphatic carbocycles. The van der Waals surface area contributed by atoms with Gasteiger partial charge >= 0.3 is 0 Å². The molecule has 0 fully saturated rings. The van der Waals surface area contributed by atoms with Gasteiger partial charge in [0.15, 0.2) is 0 Å².